The van der Waals surface area contributed by atoms with E-state index in [-0.39, 0.29) is 30.0 Å². The van der Waals surface area contributed by atoms with Crippen LogP contribution in [0.25, 0.3) is 0 Å². The van der Waals surface area contributed by atoms with Crippen molar-refractivity contribution in [2.75, 3.05) is 26.8 Å². The summed E-state index contributed by atoms with van der Waals surface area (Å²) in [6.07, 6.45) is 5.56. The molecule has 1 unspecified atom stereocenters. The van der Waals surface area contributed by atoms with Crippen molar-refractivity contribution in [3.63, 3.8) is 0 Å². The molecule has 0 bridgehead atoms. The van der Waals surface area contributed by atoms with Crippen molar-refractivity contribution in [2.45, 2.75) is 52.5 Å². The summed E-state index contributed by atoms with van der Waals surface area (Å²) in [5.74, 6) is 3.42. The predicted octanol–water partition coefficient (Wildman–Crippen LogP) is 4.52. The summed E-state index contributed by atoms with van der Waals surface area (Å²) in [6, 6.07) is 6.27. The number of hydrogen-bond donors (Lipinski definition) is 2. The molecule has 0 aliphatic heterocycles. The van der Waals surface area contributed by atoms with Gasteiger partial charge in [0.2, 0.25) is 0 Å². The molecule has 2 fully saturated rings. The number of nitrogens with zero attached hydrogens (tertiary/aromatic N) is 1. The molecular weight excluding hydrogens is 453 g/mol. The first kappa shape index (κ1) is 22.1. The number of ether oxygens (including phenoxy) is 2. The van der Waals surface area contributed by atoms with E-state index in [4.69, 9.17) is 9.47 Å². The van der Waals surface area contributed by atoms with Gasteiger partial charge in [-0.3, -0.25) is 4.99 Å². The number of benzene rings is 1. The van der Waals surface area contributed by atoms with Crippen LogP contribution in [0.3, 0.4) is 0 Å². The zero-order chi connectivity index (χ0) is 18.6. The molecule has 1 atom stereocenters. The smallest absolute Gasteiger partial charge is 0.191 e. The number of aliphatic imine (C=N–C) groups is 1. The molecule has 2 N–H and O–H groups in total. The fourth-order valence-electron chi connectivity index (χ4n) is 3.67. The standard InChI is InChI=1S/C21H33N3O2.HI/c1-5-25-18-10-7-16(13-19(18)26-6-2)15(3)24-20(22-4)23-14-21(11-12-21)17-8-9-17;/h7,10,13,15,17H,5-6,8-9,11-12,14H2,1-4H3,(H2,22,23,24);1H. The second-order valence-electron chi connectivity index (χ2n) is 7.50. The van der Waals surface area contributed by atoms with E-state index in [2.05, 4.69) is 34.7 Å². The Labute approximate surface area is 180 Å². The van der Waals surface area contributed by atoms with Gasteiger partial charge in [-0.05, 0) is 75.5 Å². The Bertz CT molecular complexity index is 642. The molecular formula is C21H34IN3O2. The maximum Gasteiger partial charge on any atom is 0.191 e. The predicted molar refractivity (Wildman–Crippen MR) is 121 cm³/mol. The molecule has 5 nitrogen and oxygen atoms in total. The van der Waals surface area contributed by atoms with Crippen molar-refractivity contribution in [3.8, 4) is 11.5 Å². The molecule has 0 amide bonds. The van der Waals surface area contributed by atoms with Crippen LogP contribution in [0.15, 0.2) is 23.2 Å². The van der Waals surface area contributed by atoms with Gasteiger partial charge in [-0.2, -0.15) is 0 Å². The molecule has 152 valence electrons. The van der Waals surface area contributed by atoms with Gasteiger partial charge < -0.3 is 20.1 Å². The van der Waals surface area contributed by atoms with Crippen molar-refractivity contribution in [1.82, 2.24) is 10.6 Å². The molecule has 2 aliphatic rings. The first-order valence-electron chi connectivity index (χ1n) is 9.98. The number of halogens is 1. The van der Waals surface area contributed by atoms with Gasteiger partial charge >= 0.3 is 0 Å². The fraction of sp³-hybridized carbons (Fsp3) is 0.667. The normalized spacial score (nSPS) is 18.9. The summed E-state index contributed by atoms with van der Waals surface area (Å²) in [5, 5.41) is 7.05. The van der Waals surface area contributed by atoms with Crippen LogP contribution in [0.1, 0.15) is 58.1 Å². The van der Waals surface area contributed by atoms with Gasteiger partial charge in [0.05, 0.1) is 19.3 Å². The Morgan fingerprint density at radius 3 is 2.41 bits per heavy atom. The van der Waals surface area contributed by atoms with Crippen LogP contribution in [0, 0.1) is 11.3 Å². The molecule has 1 aromatic rings. The van der Waals surface area contributed by atoms with Crippen molar-refractivity contribution >= 4 is 29.9 Å². The number of guanidine groups is 1. The molecule has 0 heterocycles. The van der Waals surface area contributed by atoms with E-state index in [9.17, 15) is 0 Å². The Morgan fingerprint density at radius 1 is 1.19 bits per heavy atom. The van der Waals surface area contributed by atoms with Gasteiger partial charge in [0, 0.05) is 13.6 Å². The Hall–Kier alpha value is -1.18. The second-order valence-corrected chi connectivity index (χ2v) is 7.50. The Balaban J connectivity index is 0.00000261. The lowest BCUT2D eigenvalue weighted by molar-refractivity contribution is 0.287. The Kier molecular flexibility index (Phi) is 8.06. The van der Waals surface area contributed by atoms with Crippen LogP contribution in [-0.4, -0.2) is 32.8 Å². The summed E-state index contributed by atoms with van der Waals surface area (Å²) < 4.78 is 11.4. The van der Waals surface area contributed by atoms with Crippen LogP contribution in [0.4, 0.5) is 0 Å². The highest BCUT2D eigenvalue weighted by atomic mass is 127. The van der Waals surface area contributed by atoms with Gasteiger partial charge in [0.25, 0.3) is 0 Å². The zero-order valence-electron chi connectivity index (χ0n) is 17.0. The monoisotopic (exact) mass is 487 g/mol. The lowest BCUT2D eigenvalue weighted by Crippen LogP contribution is -2.41. The van der Waals surface area contributed by atoms with Crippen LogP contribution in [0.2, 0.25) is 0 Å². The number of nitrogens with one attached hydrogen (secondary N) is 2. The average Bonchev–Trinajstić information content (AvgIpc) is 3.53. The number of hydrogen-bond acceptors (Lipinski definition) is 3. The second kappa shape index (κ2) is 9.85. The van der Waals surface area contributed by atoms with Gasteiger partial charge in [-0.1, -0.05) is 6.07 Å². The molecule has 0 aromatic heterocycles. The minimum Gasteiger partial charge on any atom is -0.490 e. The lowest BCUT2D eigenvalue weighted by atomic mass is 10.0. The summed E-state index contributed by atoms with van der Waals surface area (Å²) >= 11 is 0. The molecule has 0 spiro atoms. The van der Waals surface area contributed by atoms with Gasteiger partial charge in [0.15, 0.2) is 17.5 Å². The molecule has 2 aliphatic carbocycles. The van der Waals surface area contributed by atoms with E-state index in [0.717, 1.165) is 35.5 Å². The van der Waals surface area contributed by atoms with Crippen LogP contribution >= 0.6 is 24.0 Å². The zero-order valence-corrected chi connectivity index (χ0v) is 19.3. The molecule has 1 aromatic carbocycles. The summed E-state index contributed by atoms with van der Waals surface area (Å²) in [5.41, 5.74) is 1.71. The third kappa shape index (κ3) is 5.65. The Morgan fingerprint density at radius 2 is 1.85 bits per heavy atom. The lowest BCUT2D eigenvalue weighted by Gasteiger charge is -2.22. The van der Waals surface area contributed by atoms with Gasteiger partial charge in [-0.15, -0.1) is 24.0 Å². The van der Waals surface area contributed by atoms with E-state index in [0.29, 0.717) is 18.6 Å². The summed E-state index contributed by atoms with van der Waals surface area (Å²) in [4.78, 5) is 4.41. The third-order valence-corrected chi connectivity index (χ3v) is 5.59. The van der Waals surface area contributed by atoms with Crippen LogP contribution in [-0.2, 0) is 0 Å². The number of rotatable bonds is 9. The SMILES string of the molecule is CCOc1ccc(C(C)NC(=NC)NCC2(C3CC3)CC2)cc1OCC.I. The van der Waals surface area contributed by atoms with Gasteiger partial charge in [0.1, 0.15) is 0 Å². The highest BCUT2D eigenvalue weighted by Crippen LogP contribution is 2.60. The quantitative estimate of drug-likeness (QED) is 0.306. The van der Waals surface area contributed by atoms with E-state index in [1.165, 1.54) is 25.7 Å². The van der Waals surface area contributed by atoms with Crippen molar-refractivity contribution in [1.29, 1.82) is 0 Å². The van der Waals surface area contributed by atoms with E-state index >= 15 is 0 Å². The molecule has 2 saturated carbocycles. The molecule has 0 saturated heterocycles. The molecule has 0 radical (unpaired) electrons. The van der Waals surface area contributed by atoms with E-state index < -0.39 is 0 Å². The van der Waals surface area contributed by atoms with Gasteiger partial charge in [-0.25, -0.2) is 0 Å². The van der Waals surface area contributed by atoms with E-state index in [1.54, 1.807) is 0 Å². The van der Waals surface area contributed by atoms with Crippen LogP contribution < -0.4 is 20.1 Å². The van der Waals surface area contributed by atoms with Crippen molar-refractivity contribution < 1.29 is 9.47 Å². The average molecular weight is 487 g/mol. The third-order valence-electron chi connectivity index (χ3n) is 5.59. The minimum atomic E-state index is 0. The maximum absolute atomic E-state index is 5.75. The minimum absolute atomic E-state index is 0. The van der Waals surface area contributed by atoms with Crippen molar-refractivity contribution in [3.05, 3.63) is 23.8 Å². The first-order chi connectivity index (χ1) is 12.6. The summed E-state index contributed by atoms with van der Waals surface area (Å²) in [7, 11) is 1.84. The van der Waals surface area contributed by atoms with Crippen molar-refractivity contribution in [2.24, 2.45) is 16.3 Å². The fourth-order valence-corrected chi connectivity index (χ4v) is 3.67. The molecule has 3 rings (SSSR count). The summed E-state index contributed by atoms with van der Waals surface area (Å²) in [6.45, 7) is 8.41. The largest absolute Gasteiger partial charge is 0.490 e. The van der Waals surface area contributed by atoms with E-state index in [1.807, 2.05) is 27.0 Å². The molecule has 6 heteroatoms. The van der Waals surface area contributed by atoms with Crippen LogP contribution in [0.5, 0.6) is 11.5 Å². The highest BCUT2D eigenvalue weighted by Gasteiger charge is 2.53. The first-order valence-corrected chi connectivity index (χ1v) is 9.98. The topological polar surface area (TPSA) is 54.9 Å². The highest BCUT2D eigenvalue weighted by molar-refractivity contribution is 14.0. The molecule has 27 heavy (non-hydrogen) atoms. The maximum atomic E-state index is 5.75.